The van der Waals surface area contributed by atoms with Crippen LogP contribution in [0, 0.1) is 5.82 Å². The molecule has 20 heavy (non-hydrogen) atoms. The van der Waals surface area contributed by atoms with E-state index in [-0.39, 0.29) is 5.82 Å². The third kappa shape index (κ3) is 3.54. The highest BCUT2D eigenvalue weighted by atomic mass is 35.5. The fourth-order valence-corrected chi connectivity index (χ4v) is 3.04. The van der Waals surface area contributed by atoms with E-state index in [0.717, 1.165) is 17.0 Å². The second kappa shape index (κ2) is 6.17. The Morgan fingerprint density at radius 1 is 1.15 bits per heavy atom. The van der Waals surface area contributed by atoms with Crippen LogP contribution in [0.15, 0.2) is 52.3 Å². The quantitative estimate of drug-likeness (QED) is 0.844. The Hall–Kier alpha value is -1.03. The summed E-state index contributed by atoms with van der Waals surface area (Å²) >= 11 is 7.32. The first-order valence-electron chi connectivity index (χ1n) is 6.66. The van der Waals surface area contributed by atoms with Crippen molar-refractivity contribution >= 4 is 23.4 Å². The van der Waals surface area contributed by atoms with E-state index in [1.54, 1.807) is 6.07 Å². The first kappa shape index (κ1) is 13.9. The van der Waals surface area contributed by atoms with Crippen molar-refractivity contribution in [2.24, 2.45) is 0 Å². The number of rotatable bonds is 5. The first-order valence-corrected chi connectivity index (χ1v) is 7.86. The van der Waals surface area contributed by atoms with Gasteiger partial charge >= 0.3 is 0 Å². The third-order valence-corrected chi connectivity index (χ3v) is 4.66. The molecule has 0 amide bonds. The molecule has 1 nitrogen and oxygen atoms in total. The maximum absolute atomic E-state index is 14.1. The fraction of sp³-hybridized carbons (Fsp3) is 0.250. The molecule has 0 spiro atoms. The Balaban J connectivity index is 1.80. The summed E-state index contributed by atoms with van der Waals surface area (Å²) in [5.41, 5.74) is 1.01. The minimum Gasteiger partial charge on any atom is -0.310 e. The van der Waals surface area contributed by atoms with Gasteiger partial charge < -0.3 is 5.32 Å². The van der Waals surface area contributed by atoms with Crippen molar-refractivity contribution < 1.29 is 4.39 Å². The van der Waals surface area contributed by atoms with Gasteiger partial charge in [0.15, 0.2) is 0 Å². The lowest BCUT2D eigenvalue weighted by Crippen LogP contribution is -2.16. The van der Waals surface area contributed by atoms with Crippen molar-refractivity contribution in [1.29, 1.82) is 0 Å². The lowest BCUT2D eigenvalue weighted by atomic mass is 10.2. The number of benzene rings is 2. The van der Waals surface area contributed by atoms with E-state index in [0.29, 0.717) is 16.0 Å². The highest BCUT2D eigenvalue weighted by Crippen LogP contribution is 2.33. The van der Waals surface area contributed by atoms with Gasteiger partial charge in [-0.25, -0.2) is 4.39 Å². The Labute approximate surface area is 127 Å². The minimum absolute atomic E-state index is 0.167. The molecule has 1 fully saturated rings. The summed E-state index contributed by atoms with van der Waals surface area (Å²) in [6.45, 7) is 0.721. The van der Waals surface area contributed by atoms with Crippen LogP contribution in [0.2, 0.25) is 5.02 Å². The van der Waals surface area contributed by atoms with Crippen molar-refractivity contribution in [3.8, 4) is 0 Å². The summed E-state index contributed by atoms with van der Waals surface area (Å²) < 4.78 is 14.1. The van der Waals surface area contributed by atoms with E-state index in [1.165, 1.54) is 30.7 Å². The molecule has 1 aliphatic rings. The smallest absolute Gasteiger partial charge is 0.137 e. The molecule has 0 heterocycles. The van der Waals surface area contributed by atoms with Gasteiger partial charge in [-0.1, -0.05) is 35.5 Å². The van der Waals surface area contributed by atoms with Crippen LogP contribution in [0.1, 0.15) is 18.4 Å². The molecule has 0 saturated heterocycles. The maximum Gasteiger partial charge on any atom is 0.137 e. The van der Waals surface area contributed by atoms with Crippen LogP contribution < -0.4 is 5.32 Å². The van der Waals surface area contributed by atoms with E-state index in [9.17, 15) is 4.39 Å². The molecule has 1 saturated carbocycles. The van der Waals surface area contributed by atoms with Gasteiger partial charge in [-0.15, -0.1) is 0 Å². The normalized spacial score (nSPS) is 14.5. The van der Waals surface area contributed by atoms with Gasteiger partial charge in [0.05, 0.1) is 4.90 Å². The zero-order valence-electron chi connectivity index (χ0n) is 10.9. The molecule has 2 aromatic carbocycles. The van der Waals surface area contributed by atoms with Crippen LogP contribution in [0.3, 0.4) is 0 Å². The van der Waals surface area contributed by atoms with Gasteiger partial charge in [0.1, 0.15) is 5.82 Å². The second-order valence-corrected chi connectivity index (χ2v) is 6.46. The molecule has 1 N–H and O–H groups in total. The van der Waals surface area contributed by atoms with Crippen molar-refractivity contribution in [1.82, 2.24) is 5.32 Å². The van der Waals surface area contributed by atoms with Crippen molar-refractivity contribution in [2.75, 3.05) is 0 Å². The molecule has 0 unspecified atom stereocenters. The number of hydrogen-bond acceptors (Lipinski definition) is 2. The molecule has 0 atom stereocenters. The van der Waals surface area contributed by atoms with Crippen LogP contribution in [-0.2, 0) is 6.54 Å². The summed E-state index contributed by atoms with van der Waals surface area (Å²) in [4.78, 5) is 1.69. The summed E-state index contributed by atoms with van der Waals surface area (Å²) in [6, 6.07) is 13.4. The second-order valence-electron chi connectivity index (χ2n) is 4.94. The van der Waals surface area contributed by atoms with E-state index >= 15 is 0 Å². The van der Waals surface area contributed by atoms with E-state index in [2.05, 4.69) is 5.32 Å². The number of halogens is 2. The monoisotopic (exact) mass is 307 g/mol. The maximum atomic E-state index is 14.1. The molecule has 4 heteroatoms. The molecule has 2 aromatic rings. The highest BCUT2D eigenvalue weighted by molar-refractivity contribution is 7.99. The summed E-state index contributed by atoms with van der Waals surface area (Å²) in [5.74, 6) is -0.167. The first-order chi connectivity index (χ1) is 9.72. The zero-order chi connectivity index (χ0) is 13.9. The largest absolute Gasteiger partial charge is 0.310 e. The number of nitrogens with one attached hydrogen (secondary N) is 1. The Morgan fingerprint density at radius 2 is 1.90 bits per heavy atom. The topological polar surface area (TPSA) is 12.0 Å². The predicted octanol–water partition coefficient (Wildman–Crippen LogP) is 4.88. The summed E-state index contributed by atoms with van der Waals surface area (Å²) in [7, 11) is 0. The van der Waals surface area contributed by atoms with Crippen LogP contribution in [0.5, 0.6) is 0 Å². The standard InChI is InChI=1S/C16H15ClFNS/c17-12-4-8-14(9-5-12)20-16-11(2-1-3-15(16)18)10-19-13-6-7-13/h1-5,8-9,13,19H,6-7,10H2. The van der Waals surface area contributed by atoms with Crippen LogP contribution in [0.4, 0.5) is 4.39 Å². The fourth-order valence-electron chi connectivity index (χ4n) is 1.97. The highest BCUT2D eigenvalue weighted by Gasteiger charge is 2.21. The van der Waals surface area contributed by atoms with E-state index < -0.39 is 0 Å². The van der Waals surface area contributed by atoms with Gasteiger partial charge in [-0.2, -0.15) is 0 Å². The Bertz CT molecular complexity index is 596. The lowest BCUT2D eigenvalue weighted by molar-refractivity contribution is 0.589. The summed E-state index contributed by atoms with van der Waals surface area (Å²) in [5, 5.41) is 4.13. The van der Waals surface area contributed by atoms with Gasteiger partial charge in [0.25, 0.3) is 0 Å². The minimum atomic E-state index is -0.167. The average molecular weight is 308 g/mol. The molecular formula is C16H15ClFNS. The molecule has 104 valence electrons. The van der Waals surface area contributed by atoms with Gasteiger partial charge in [0, 0.05) is 22.5 Å². The molecule has 0 aliphatic heterocycles. The predicted molar refractivity (Wildman–Crippen MR) is 81.8 cm³/mol. The third-order valence-electron chi connectivity index (χ3n) is 3.24. The Morgan fingerprint density at radius 3 is 2.60 bits per heavy atom. The summed E-state index contributed by atoms with van der Waals surface area (Å²) in [6.07, 6.45) is 2.46. The Kier molecular flexibility index (Phi) is 4.29. The zero-order valence-corrected chi connectivity index (χ0v) is 12.5. The van der Waals surface area contributed by atoms with Crippen molar-refractivity contribution in [2.45, 2.75) is 35.2 Å². The van der Waals surface area contributed by atoms with Crippen molar-refractivity contribution in [3.05, 3.63) is 58.9 Å². The van der Waals surface area contributed by atoms with Crippen LogP contribution in [0.25, 0.3) is 0 Å². The molecule has 0 aromatic heterocycles. The molecular weight excluding hydrogens is 293 g/mol. The molecule has 1 aliphatic carbocycles. The molecule has 3 rings (SSSR count). The SMILES string of the molecule is Fc1cccc(CNC2CC2)c1Sc1ccc(Cl)cc1. The van der Waals surface area contributed by atoms with E-state index in [4.69, 9.17) is 11.6 Å². The molecule has 0 radical (unpaired) electrons. The van der Waals surface area contributed by atoms with Crippen LogP contribution >= 0.6 is 23.4 Å². The molecule has 0 bridgehead atoms. The van der Waals surface area contributed by atoms with Crippen LogP contribution in [-0.4, -0.2) is 6.04 Å². The van der Waals surface area contributed by atoms with Crippen molar-refractivity contribution in [3.63, 3.8) is 0 Å². The van der Waals surface area contributed by atoms with Gasteiger partial charge in [0.2, 0.25) is 0 Å². The number of hydrogen-bond donors (Lipinski definition) is 1. The van der Waals surface area contributed by atoms with E-state index in [1.807, 2.05) is 30.3 Å². The van der Waals surface area contributed by atoms with Gasteiger partial charge in [-0.3, -0.25) is 0 Å². The van der Waals surface area contributed by atoms with Gasteiger partial charge in [-0.05, 0) is 48.7 Å². The lowest BCUT2D eigenvalue weighted by Gasteiger charge is -2.11. The average Bonchev–Trinajstić information content (AvgIpc) is 3.26.